The van der Waals surface area contributed by atoms with Gasteiger partial charge in [-0.05, 0) is 13.3 Å². The van der Waals surface area contributed by atoms with Crippen LogP contribution in [0.25, 0.3) is 0 Å². The van der Waals surface area contributed by atoms with Crippen molar-refractivity contribution < 1.29 is 19.4 Å². The van der Waals surface area contributed by atoms with E-state index in [1.165, 1.54) is 0 Å². The number of carbonyl (C=O) groups excluding carboxylic acids is 1. The van der Waals surface area contributed by atoms with Crippen molar-refractivity contribution in [3.05, 3.63) is 0 Å². The molecule has 0 spiro atoms. The molecular weight excluding hydrogens is 210 g/mol. The number of aliphatic carboxylic acids is 1. The minimum atomic E-state index is -0.949. The molecule has 0 aromatic heterocycles. The van der Waals surface area contributed by atoms with Gasteiger partial charge in [0.25, 0.3) is 0 Å². The summed E-state index contributed by atoms with van der Waals surface area (Å²) in [5, 5.41) is 11.7. The zero-order chi connectivity index (χ0) is 12.3. The van der Waals surface area contributed by atoms with Gasteiger partial charge in [-0.2, -0.15) is 0 Å². The van der Waals surface area contributed by atoms with Crippen LogP contribution in [0.15, 0.2) is 0 Å². The van der Waals surface area contributed by atoms with Crippen LogP contribution in [0, 0.1) is 11.8 Å². The molecule has 5 nitrogen and oxygen atoms in total. The molecule has 5 heteroatoms. The monoisotopic (exact) mass is 229 g/mol. The molecule has 0 bridgehead atoms. The molecule has 1 aliphatic rings. The highest BCUT2D eigenvalue weighted by atomic mass is 16.5. The first-order valence-electron chi connectivity index (χ1n) is 5.48. The molecule has 3 atom stereocenters. The molecule has 0 radical (unpaired) electrons. The van der Waals surface area contributed by atoms with Crippen molar-refractivity contribution in [2.24, 2.45) is 11.8 Å². The second-order valence-corrected chi connectivity index (χ2v) is 4.77. The number of carboxylic acid groups (broad SMARTS) is 1. The average Bonchev–Trinajstić information content (AvgIpc) is 2.62. The first kappa shape index (κ1) is 13.0. The predicted octanol–water partition coefficient (Wildman–Crippen LogP) is 0.638. The first-order valence-corrected chi connectivity index (χ1v) is 5.48. The Morgan fingerprint density at radius 3 is 2.44 bits per heavy atom. The molecule has 0 aromatic carbocycles. The maximum atomic E-state index is 11.8. The maximum Gasteiger partial charge on any atom is 0.307 e. The molecule has 0 saturated carbocycles. The van der Waals surface area contributed by atoms with Crippen molar-refractivity contribution in [3.63, 3.8) is 0 Å². The largest absolute Gasteiger partial charge is 0.481 e. The Morgan fingerprint density at radius 2 is 2.00 bits per heavy atom. The summed E-state index contributed by atoms with van der Waals surface area (Å²) in [6.07, 6.45) is 0.771. The topological polar surface area (TPSA) is 75.6 Å². The van der Waals surface area contributed by atoms with Crippen molar-refractivity contribution in [2.75, 3.05) is 13.2 Å². The smallest absolute Gasteiger partial charge is 0.307 e. The average molecular weight is 229 g/mol. The van der Waals surface area contributed by atoms with Crippen molar-refractivity contribution in [1.82, 2.24) is 5.32 Å². The maximum absolute atomic E-state index is 11.8. The van der Waals surface area contributed by atoms with Crippen LogP contribution in [0.3, 0.4) is 0 Å². The fourth-order valence-corrected chi connectivity index (χ4v) is 1.62. The van der Waals surface area contributed by atoms with Gasteiger partial charge < -0.3 is 15.2 Å². The van der Waals surface area contributed by atoms with E-state index in [1.54, 1.807) is 13.8 Å². The van der Waals surface area contributed by atoms with E-state index in [4.69, 9.17) is 9.84 Å². The van der Waals surface area contributed by atoms with Crippen LogP contribution in [-0.4, -0.2) is 35.7 Å². The normalized spacial score (nSPS) is 28.4. The van der Waals surface area contributed by atoms with Crippen molar-refractivity contribution in [2.45, 2.75) is 32.7 Å². The van der Waals surface area contributed by atoms with E-state index in [9.17, 15) is 9.59 Å². The standard InChI is InChI=1S/C11H19NO4/c1-7(8(2)10(14)15)9(13)12-11(3)4-5-16-6-11/h7-8H,4-6H2,1-3H3,(H,12,13)(H,14,15). The van der Waals surface area contributed by atoms with E-state index in [-0.39, 0.29) is 11.4 Å². The molecule has 16 heavy (non-hydrogen) atoms. The summed E-state index contributed by atoms with van der Waals surface area (Å²) in [6, 6.07) is 0. The fourth-order valence-electron chi connectivity index (χ4n) is 1.62. The van der Waals surface area contributed by atoms with Crippen molar-refractivity contribution in [1.29, 1.82) is 0 Å². The van der Waals surface area contributed by atoms with Gasteiger partial charge in [0.15, 0.2) is 0 Å². The first-order chi connectivity index (χ1) is 7.36. The lowest BCUT2D eigenvalue weighted by molar-refractivity contribution is -0.146. The minimum Gasteiger partial charge on any atom is -0.481 e. The number of carbonyl (C=O) groups is 2. The van der Waals surface area contributed by atoms with E-state index in [2.05, 4.69) is 5.32 Å². The number of amides is 1. The van der Waals surface area contributed by atoms with Gasteiger partial charge >= 0.3 is 5.97 Å². The zero-order valence-corrected chi connectivity index (χ0v) is 9.95. The second-order valence-electron chi connectivity index (χ2n) is 4.77. The van der Waals surface area contributed by atoms with Crippen LogP contribution in [0.1, 0.15) is 27.2 Å². The van der Waals surface area contributed by atoms with Crippen LogP contribution in [0.5, 0.6) is 0 Å². The Hall–Kier alpha value is -1.10. The SMILES string of the molecule is CC(C(=O)O)C(C)C(=O)NC1(C)CCOC1. The van der Waals surface area contributed by atoms with Gasteiger partial charge in [-0.15, -0.1) is 0 Å². The third-order valence-electron chi connectivity index (χ3n) is 3.20. The van der Waals surface area contributed by atoms with Gasteiger partial charge in [-0.25, -0.2) is 0 Å². The molecular formula is C11H19NO4. The quantitative estimate of drug-likeness (QED) is 0.741. The van der Waals surface area contributed by atoms with Gasteiger partial charge in [-0.3, -0.25) is 9.59 Å². The van der Waals surface area contributed by atoms with Crippen LogP contribution in [0.4, 0.5) is 0 Å². The molecule has 1 aliphatic heterocycles. The molecule has 1 amide bonds. The fraction of sp³-hybridized carbons (Fsp3) is 0.818. The minimum absolute atomic E-state index is 0.220. The summed E-state index contributed by atoms with van der Waals surface area (Å²) < 4.78 is 5.22. The summed E-state index contributed by atoms with van der Waals surface area (Å²) in [5.74, 6) is -2.38. The Bertz CT molecular complexity index is 284. The molecule has 1 saturated heterocycles. The Labute approximate surface area is 95.2 Å². The molecule has 0 aliphatic carbocycles. The summed E-state index contributed by atoms with van der Waals surface area (Å²) in [6.45, 7) is 6.22. The van der Waals surface area contributed by atoms with E-state index in [0.29, 0.717) is 13.2 Å². The number of nitrogens with one attached hydrogen (secondary N) is 1. The van der Waals surface area contributed by atoms with Gasteiger partial charge in [0.1, 0.15) is 0 Å². The summed E-state index contributed by atoms with van der Waals surface area (Å²) in [4.78, 5) is 22.6. The molecule has 1 heterocycles. The Morgan fingerprint density at radius 1 is 1.38 bits per heavy atom. The van der Waals surface area contributed by atoms with E-state index < -0.39 is 17.8 Å². The molecule has 1 fully saturated rings. The third-order valence-corrected chi connectivity index (χ3v) is 3.20. The van der Waals surface area contributed by atoms with E-state index >= 15 is 0 Å². The van der Waals surface area contributed by atoms with Crippen LogP contribution in [0.2, 0.25) is 0 Å². The third kappa shape index (κ3) is 2.95. The number of carboxylic acids is 1. The molecule has 0 aromatic rings. The number of hydrogen-bond acceptors (Lipinski definition) is 3. The van der Waals surface area contributed by atoms with Gasteiger partial charge in [0, 0.05) is 12.5 Å². The lowest BCUT2D eigenvalue weighted by atomic mass is 9.93. The highest BCUT2D eigenvalue weighted by Crippen LogP contribution is 2.19. The lowest BCUT2D eigenvalue weighted by Crippen LogP contribution is -2.49. The van der Waals surface area contributed by atoms with Crippen LogP contribution in [-0.2, 0) is 14.3 Å². The highest BCUT2D eigenvalue weighted by molar-refractivity contribution is 5.84. The van der Waals surface area contributed by atoms with Crippen molar-refractivity contribution in [3.8, 4) is 0 Å². The molecule has 2 N–H and O–H groups in total. The number of ether oxygens (including phenoxy) is 1. The molecule has 92 valence electrons. The number of hydrogen-bond donors (Lipinski definition) is 2. The second kappa shape index (κ2) is 4.82. The van der Waals surface area contributed by atoms with Gasteiger partial charge in [0.05, 0.1) is 18.1 Å². The summed E-state index contributed by atoms with van der Waals surface area (Å²) in [7, 11) is 0. The summed E-state index contributed by atoms with van der Waals surface area (Å²) in [5.41, 5.74) is -0.344. The molecule has 3 unspecified atom stereocenters. The predicted molar refractivity (Wildman–Crippen MR) is 57.9 cm³/mol. The highest BCUT2D eigenvalue weighted by Gasteiger charge is 2.34. The number of rotatable bonds is 4. The van der Waals surface area contributed by atoms with Crippen LogP contribution >= 0.6 is 0 Å². The zero-order valence-electron chi connectivity index (χ0n) is 9.95. The van der Waals surface area contributed by atoms with E-state index in [0.717, 1.165) is 6.42 Å². The molecule has 1 rings (SSSR count). The Kier molecular flexibility index (Phi) is 3.91. The summed E-state index contributed by atoms with van der Waals surface area (Å²) >= 11 is 0. The van der Waals surface area contributed by atoms with Gasteiger partial charge in [0.2, 0.25) is 5.91 Å². The van der Waals surface area contributed by atoms with E-state index in [1.807, 2.05) is 6.92 Å². The van der Waals surface area contributed by atoms with Crippen molar-refractivity contribution >= 4 is 11.9 Å². The Balaban J connectivity index is 2.54. The lowest BCUT2D eigenvalue weighted by Gasteiger charge is -2.26. The van der Waals surface area contributed by atoms with Crippen LogP contribution < -0.4 is 5.32 Å². The van der Waals surface area contributed by atoms with Gasteiger partial charge in [-0.1, -0.05) is 13.8 Å².